The van der Waals surface area contributed by atoms with E-state index in [9.17, 15) is 18.0 Å². The first-order valence-electron chi connectivity index (χ1n) is 6.93. The van der Waals surface area contributed by atoms with E-state index in [1.165, 1.54) is 0 Å². The topological polar surface area (TPSA) is 23.6 Å². The third kappa shape index (κ3) is 4.37. The molecule has 0 aromatic heterocycles. The number of hydrogen-bond acceptors (Lipinski definition) is 2. The van der Waals surface area contributed by atoms with Gasteiger partial charge >= 0.3 is 6.18 Å². The van der Waals surface area contributed by atoms with Gasteiger partial charge < -0.3 is 4.90 Å². The Morgan fingerprint density at radius 3 is 2.16 bits per heavy atom. The molecule has 0 spiro atoms. The quantitative estimate of drug-likeness (QED) is 0.776. The zero-order valence-electron chi connectivity index (χ0n) is 11.8. The summed E-state index contributed by atoms with van der Waals surface area (Å²) < 4.78 is 36.2. The van der Waals surface area contributed by atoms with Gasteiger partial charge in [0.2, 0.25) is 5.91 Å². The molecule has 6 heteroatoms. The van der Waals surface area contributed by atoms with E-state index in [0.717, 1.165) is 19.4 Å². The minimum atomic E-state index is -4.23. The van der Waals surface area contributed by atoms with Crippen LogP contribution in [-0.4, -0.2) is 54.1 Å². The average Bonchev–Trinajstić information content (AvgIpc) is 2.38. The fourth-order valence-corrected chi connectivity index (χ4v) is 2.74. The van der Waals surface area contributed by atoms with Gasteiger partial charge in [-0.25, -0.2) is 0 Å². The Bertz CT molecular complexity index is 307. The van der Waals surface area contributed by atoms with Crippen molar-refractivity contribution in [3.63, 3.8) is 0 Å². The minimum Gasteiger partial charge on any atom is -0.337 e. The Hall–Kier alpha value is -0.780. The van der Waals surface area contributed by atoms with Gasteiger partial charge in [0.15, 0.2) is 0 Å². The van der Waals surface area contributed by atoms with Gasteiger partial charge in [-0.3, -0.25) is 9.69 Å². The van der Waals surface area contributed by atoms with Crippen LogP contribution < -0.4 is 0 Å². The smallest absolute Gasteiger partial charge is 0.337 e. The molecule has 3 rings (SSSR count). The van der Waals surface area contributed by atoms with Crippen molar-refractivity contribution in [1.82, 2.24) is 9.80 Å². The van der Waals surface area contributed by atoms with Gasteiger partial charge in [-0.05, 0) is 19.9 Å². The van der Waals surface area contributed by atoms with E-state index < -0.39 is 19.0 Å². The number of rotatable bonds is 2. The summed E-state index contributed by atoms with van der Waals surface area (Å²) in [6, 6.07) is 0.445. The van der Waals surface area contributed by atoms with Crippen molar-refractivity contribution in [3.05, 3.63) is 0 Å². The Morgan fingerprint density at radius 1 is 1.16 bits per heavy atom. The lowest BCUT2D eigenvalue weighted by molar-refractivity contribution is -0.154. The summed E-state index contributed by atoms with van der Waals surface area (Å²) in [6.07, 6.45) is -3.68. The second-order valence-electron chi connectivity index (χ2n) is 4.99. The van der Waals surface area contributed by atoms with Crippen molar-refractivity contribution in [2.75, 3.05) is 20.1 Å². The fourth-order valence-electron chi connectivity index (χ4n) is 2.74. The number of piperidine rings is 2. The Kier molecular flexibility index (Phi) is 5.64. The van der Waals surface area contributed by atoms with E-state index in [1.54, 1.807) is 4.90 Å². The standard InChI is InChI=1S/C11H17F3N2O.C2H6/c1-15-6-9-3-2-8(15)7-16(9)10(17)4-5-11(12,13)14;1-2/h8-9H,2-7H2,1H3;1-2H3. The third-order valence-corrected chi connectivity index (χ3v) is 3.75. The zero-order chi connectivity index (χ0) is 14.6. The van der Waals surface area contributed by atoms with E-state index in [4.69, 9.17) is 0 Å². The number of alkyl halides is 3. The van der Waals surface area contributed by atoms with E-state index in [2.05, 4.69) is 4.90 Å². The van der Waals surface area contributed by atoms with Crippen LogP contribution in [0.1, 0.15) is 39.5 Å². The first-order chi connectivity index (χ1) is 8.87. The lowest BCUT2D eigenvalue weighted by Gasteiger charge is -2.50. The first-order valence-corrected chi connectivity index (χ1v) is 6.93. The summed E-state index contributed by atoms with van der Waals surface area (Å²) in [5, 5.41) is 0. The molecule has 0 aliphatic carbocycles. The lowest BCUT2D eigenvalue weighted by atomic mass is 9.91. The number of carbonyl (C=O) groups is 1. The van der Waals surface area contributed by atoms with Gasteiger partial charge in [0, 0.05) is 31.6 Å². The number of amides is 1. The average molecular weight is 280 g/mol. The molecular weight excluding hydrogens is 257 g/mol. The van der Waals surface area contributed by atoms with Crippen molar-refractivity contribution in [3.8, 4) is 0 Å². The number of carbonyl (C=O) groups excluding carboxylic acids is 1. The largest absolute Gasteiger partial charge is 0.389 e. The van der Waals surface area contributed by atoms with Crippen LogP contribution in [0.25, 0.3) is 0 Å². The molecule has 3 aliphatic rings. The fraction of sp³-hybridized carbons (Fsp3) is 0.923. The Morgan fingerprint density at radius 2 is 1.74 bits per heavy atom. The van der Waals surface area contributed by atoms with Gasteiger partial charge in [0.1, 0.15) is 0 Å². The van der Waals surface area contributed by atoms with E-state index in [-0.39, 0.29) is 11.9 Å². The first kappa shape index (κ1) is 16.3. The van der Waals surface area contributed by atoms with E-state index >= 15 is 0 Å². The molecule has 0 aromatic rings. The van der Waals surface area contributed by atoms with Gasteiger partial charge in [0.05, 0.1) is 6.42 Å². The molecule has 3 fully saturated rings. The molecular formula is C13H23F3N2O. The van der Waals surface area contributed by atoms with Gasteiger partial charge in [-0.1, -0.05) is 13.8 Å². The maximum Gasteiger partial charge on any atom is 0.389 e. The van der Waals surface area contributed by atoms with Gasteiger partial charge in [-0.15, -0.1) is 0 Å². The Labute approximate surface area is 112 Å². The van der Waals surface area contributed by atoms with E-state index in [0.29, 0.717) is 12.6 Å². The van der Waals surface area contributed by atoms with Crippen molar-refractivity contribution in [2.24, 2.45) is 0 Å². The molecule has 3 saturated heterocycles. The molecule has 2 atom stereocenters. The summed E-state index contributed by atoms with van der Waals surface area (Å²) in [6.45, 7) is 5.39. The second kappa shape index (κ2) is 6.59. The Balaban J connectivity index is 0.000000861. The van der Waals surface area contributed by atoms with Crippen LogP contribution in [0.2, 0.25) is 0 Å². The molecule has 2 unspecified atom stereocenters. The molecule has 0 aromatic carbocycles. The van der Waals surface area contributed by atoms with E-state index in [1.807, 2.05) is 20.9 Å². The van der Waals surface area contributed by atoms with Crippen molar-refractivity contribution in [2.45, 2.75) is 57.8 Å². The highest BCUT2D eigenvalue weighted by Gasteiger charge is 2.40. The number of hydrogen-bond donors (Lipinski definition) is 0. The maximum atomic E-state index is 12.1. The van der Waals surface area contributed by atoms with Crippen LogP contribution in [0, 0.1) is 0 Å². The normalized spacial score (nSPS) is 26.9. The molecule has 0 saturated carbocycles. The van der Waals surface area contributed by atoms with Crippen molar-refractivity contribution in [1.29, 1.82) is 0 Å². The maximum absolute atomic E-state index is 12.1. The molecule has 0 radical (unpaired) electrons. The molecule has 1 amide bonds. The third-order valence-electron chi connectivity index (χ3n) is 3.75. The highest BCUT2D eigenvalue weighted by atomic mass is 19.4. The lowest BCUT2D eigenvalue weighted by Crippen LogP contribution is -2.62. The number of likely N-dealkylation sites (N-methyl/N-ethyl adjacent to an activating group) is 1. The number of nitrogens with zero attached hydrogens (tertiary/aromatic N) is 2. The molecule has 0 N–H and O–H groups in total. The van der Waals surface area contributed by atoms with Crippen LogP contribution in [-0.2, 0) is 4.79 Å². The molecule has 3 heterocycles. The SMILES string of the molecule is CC.CN1CC2CCC1CN2C(=O)CCC(F)(F)F. The van der Waals surface area contributed by atoms with Crippen molar-refractivity contribution < 1.29 is 18.0 Å². The van der Waals surface area contributed by atoms with Crippen LogP contribution in [0.3, 0.4) is 0 Å². The van der Waals surface area contributed by atoms with Crippen LogP contribution in [0.5, 0.6) is 0 Å². The monoisotopic (exact) mass is 280 g/mol. The zero-order valence-corrected chi connectivity index (χ0v) is 11.8. The predicted octanol–water partition coefficient (Wildman–Crippen LogP) is 2.66. The number of fused-ring (bicyclic) bond motifs is 3. The number of halogens is 3. The molecule has 19 heavy (non-hydrogen) atoms. The van der Waals surface area contributed by atoms with Crippen LogP contribution in [0.15, 0.2) is 0 Å². The van der Waals surface area contributed by atoms with Gasteiger partial charge in [-0.2, -0.15) is 13.2 Å². The predicted molar refractivity (Wildman–Crippen MR) is 67.8 cm³/mol. The molecule has 3 nitrogen and oxygen atoms in total. The molecule has 2 bridgehead atoms. The second-order valence-corrected chi connectivity index (χ2v) is 4.99. The summed E-state index contributed by atoms with van der Waals surface area (Å²) in [4.78, 5) is 15.6. The summed E-state index contributed by atoms with van der Waals surface area (Å²) in [7, 11) is 2.01. The number of piperazine rings is 1. The van der Waals surface area contributed by atoms with Crippen molar-refractivity contribution >= 4 is 5.91 Å². The molecule has 112 valence electrons. The molecule has 3 aliphatic heterocycles. The highest BCUT2D eigenvalue weighted by molar-refractivity contribution is 5.77. The summed E-state index contributed by atoms with van der Waals surface area (Å²) >= 11 is 0. The van der Waals surface area contributed by atoms with Crippen LogP contribution in [0.4, 0.5) is 13.2 Å². The van der Waals surface area contributed by atoms with Crippen LogP contribution >= 0.6 is 0 Å². The summed E-state index contributed by atoms with van der Waals surface area (Å²) in [5.74, 6) is -0.342. The minimum absolute atomic E-state index is 0.116. The van der Waals surface area contributed by atoms with Gasteiger partial charge in [0.25, 0.3) is 0 Å². The summed E-state index contributed by atoms with van der Waals surface area (Å²) in [5.41, 5.74) is 0. The highest BCUT2D eigenvalue weighted by Crippen LogP contribution is 2.29.